The molecule has 2 aliphatic rings. The number of ether oxygens (including phenoxy) is 2. The minimum atomic E-state index is -4.39. The van der Waals surface area contributed by atoms with Gasteiger partial charge in [0, 0.05) is 37.2 Å². The maximum absolute atomic E-state index is 13.6. The van der Waals surface area contributed by atoms with Crippen LogP contribution in [0.15, 0.2) is 30.6 Å². The number of piperidine rings is 1. The van der Waals surface area contributed by atoms with Gasteiger partial charge in [-0.3, -0.25) is 9.88 Å². The fourth-order valence-corrected chi connectivity index (χ4v) is 5.32. The quantitative estimate of drug-likeness (QED) is 0.411. The molecule has 0 radical (unpaired) electrons. The Morgan fingerprint density at radius 3 is 2.34 bits per heavy atom. The number of hydrogen-bond acceptors (Lipinski definition) is 8. The Hall–Kier alpha value is -3.15. The molecule has 3 atom stereocenters. The predicted molar refractivity (Wildman–Crippen MR) is 151 cm³/mol. The van der Waals surface area contributed by atoms with Gasteiger partial charge in [-0.2, -0.15) is 18.2 Å². The molecule has 0 aromatic carbocycles. The van der Waals surface area contributed by atoms with Crippen LogP contribution in [0.4, 0.5) is 35.4 Å². The van der Waals surface area contributed by atoms with E-state index >= 15 is 0 Å². The summed E-state index contributed by atoms with van der Waals surface area (Å²) in [7, 11) is 0. The zero-order valence-electron chi connectivity index (χ0n) is 24.8. The minimum absolute atomic E-state index is 0.0141. The third-order valence-electron chi connectivity index (χ3n) is 7.94. The first-order valence-corrected chi connectivity index (χ1v) is 14.1. The van der Waals surface area contributed by atoms with E-state index in [1.807, 2.05) is 27.7 Å². The Labute approximate surface area is 239 Å². The number of cyclic esters (lactones) is 1. The zero-order valence-corrected chi connectivity index (χ0v) is 24.8. The van der Waals surface area contributed by atoms with Crippen LogP contribution >= 0.6 is 0 Å². The molecule has 1 N–H and O–H groups in total. The number of hydrogen-bond donors (Lipinski definition) is 1. The van der Waals surface area contributed by atoms with Crippen molar-refractivity contribution in [3.8, 4) is 0 Å². The lowest BCUT2D eigenvalue weighted by atomic mass is 9.87. The van der Waals surface area contributed by atoms with Crippen molar-refractivity contribution in [1.29, 1.82) is 0 Å². The maximum atomic E-state index is 13.6. The molecule has 4 rings (SSSR count). The molecule has 12 heteroatoms. The van der Waals surface area contributed by atoms with Crippen molar-refractivity contribution in [2.75, 3.05) is 34.8 Å². The summed E-state index contributed by atoms with van der Waals surface area (Å²) in [6.07, 6.45) is -0.375. The number of pyridine rings is 1. The molecule has 0 spiro atoms. The van der Waals surface area contributed by atoms with Gasteiger partial charge in [0.15, 0.2) is 0 Å². The number of alkyl halides is 3. The number of amides is 1. The Morgan fingerprint density at radius 1 is 1.05 bits per heavy atom. The topological polar surface area (TPSA) is 92.7 Å². The van der Waals surface area contributed by atoms with E-state index in [2.05, 4.69) is 32.1 Å². The van der Waals surface area contributed by atoms with E-state index in [1.54, 1.807) is 24.4 Å². The molecule has 41 heavy (non-hydrogen) atoms. The molecule has 2 aliphatic heterocycles. The highest BCUT2D eigenvalue weighted by atomic mass is 19.4. The van der Waals surface area contributed by atoms with Crippen LogP contribution in [0.1, 0.15) is 67.0 Å². The van der Waals surface area contributed by atoms with Gasteiger partial charge in [0.1, 0.15) is 23.9 Å². The number of halogens is 3. The molecular formula is C29H41F3N6O3. The smallest absolute Gasteiger partial charge is 0.416 e. The first-order valence-electron chi connectivity index (χ1n) is 14.1. The Kier molecular flexibility index (Phi) is 8.73. The van der Waals surface area contributed by atoms with Crippen molar-refractivity contribution < 1.29 is 27.4 Å². The lowest BCUT2D eigenvalue weighted by Gasteiger charge is -2.37. The lowest BCUT2D eigenvalue weighted by molar-refractivity contribution is -0.181. The van der Waals surface area contributed by atoms with Gasteiger partial charge in [0.2, 0.25) is 5.95 Å². The Bertz CT molecular complexity index is 1210. The molecular weight excluding hydrogens is 537 g/mol. The van der Waals surface area contributed by atoms with Crippen molar-refractivity contribution in [2.45, 2.75) is 96.7 Å². The van der Waals surface area contributed by atoms with E-state index < -0.39 is 17.7 Å². The van der Waals surface area contributed by atoms with Crippen molar-refractivity contribution in [1.82, 2.24) is 15.0 Å². The summed E-state index contributed by atoms with van der Waals surface area (Å²) in [5, 5.41) is 3.39. The monoisotopic (exact) mass is 578 g/mol. The van der Waals surface area contributed by atoms with Crippen LogP contribution in [-0.4, -0.2) is 70.7 Å². The van der Waals surface area contributed by atoms with Gasteiger partial charge in [-0.25, -0.2) is 9.78 Å². The first kappa shape index (κ1) is 30.8. The van der Waals surface area contributed by atoms with Gasteiger partial charge >= 0.3 is 12.3 Å². The third-order valence-corrected chi connectivity index (χ3v) is 7.94. The molecule has 1 amide bonds. The molecule has 2 aromatic heterocycles. The minimum Gasteiger partial charge on any atom is -0.447 e. The number of carbonyl (C=O) groups excluding carboxylic acids is 1. The van der Waals surface area contributed by atoms with Gasteiger partial charge in [-0.1, -0.05) is 0 Å². The second-order valence-electron chi connectivity index (χ2n) is 12.5. The van der Waals surface area contributed by atoms with Gasteiger partial charge in [-0.05, 0) is 85.4 Å². The number of carbonyl (C=O) groups is 1. The number of aromatic nitrogens is 3. The fraction of sp³-hybridized carbons (Fsp3) is 0.655. The molecule has 0 unspecified atom stereocenters. The highest BCUT2D eigenvalue weighted by Gasteiger charge is 2.49. The molecule has 0 saturated carbocycles. The van der Waals surface area contributed by atoms with Crippen LogP contribution < -0.4 is 15.1 Å². The van der Waals surface area contributed by atoms with Crippen molar-refractivity contribution >= 4 is 23.5 Å². The van der Waals surface area contributed by atoms with Crippen LogP contribution in [0.3, 0.4) is 0 Å². The standard InChI is InChI=1S/C29H41F3N6O3/c1-18(20-10-14-37(15-11-20)21-8-12-33-23(16-21)28(6,7)29(30,31)32)35-25-34-13-9-24(36-25)38-22(17-40-26(38)39)19(2)41-27(3,4)5/h8-9,12-13,16,18-20,22H,10-11,14-15,17H2,1-7H3,(H,34,35,36)/t18-,19-,22+/m0/s1. The van der Waals surface area contributed by atoms with Crippen LogP contribution in [0.2, 0.25) is 0 Å². The fourth-order valence-electron chi connectivity index (χ4n) is 5.32. The summed E-state index contributed by atoms with van der Waals surface area (Å²) in [4.78, 5) is 29.3. The van der Waals surface area contributed by atoms with E-state index in [0.717, 1.165) is 32.4 Å². The predicted octanol–water partition coefficient (Wildman–Crippen LogP) is 5.96. The summed E-state index contributed by atoms with van der Waals surface area (Å²) in [5.74, 6) is 1.15. The summed E-state index contributed by atoms with van der Waals surface area (Å²) in [6.45, 7) is 13.8. The zero-order chi connectivity index (χ0) is 30.2. The van der Waals surface area contributed by atoms with Gasteiger partial charge < -0.3 is 19.7 Å². The maximum Gasteiger partial charge on any atom is 0.416 e. The molecule has 2 fully saturated rings. The van der Waals surface area contributed by atoms with E-state index in [9.17, 15) is 18.0 Å². The average Bonchev–Trinajstić information content (AvgIpc) is 3.29. The summed E-state index contributed by atoms with van der Waals surface area (Å²) in [5.41, 5.74) is -1.64. The van der Waals surface area contributed by atoms with E-state index in [-0.39, 0.29) is 36.1 Å². The van der Waals surface area contributed by atoms with E-state index in [0.29, 0.717) is 30.8 Å². The van der Waals surface area contributed by atoms with Crippen molar-refractivity contribution in [2.24, 2.45) is 5.92 Å². The molecule has 0 bridgehead atoms. The molecule has 2 aromatic rings. The van der Waals surface area contributed by atoms with Crippen molar-refractivity contribution in [3.63, 3.8) is 0 Å². The lowest BCUT2D eigenvalue weighted by Crippen LogP contribution is -2.45. The van der Waals surface area contributed by atoms with Crippen LogP contribution in [0.25, 0.3) is 0 Å². The van der Waals surface area contributed by atoms with Crippen LogP contribution in [0, 0.1) is 5.92 Å². The summed E-state index contributed by atoms with van der Waals surface area (Å²) >= 11 is 0. The highest BCUT2D eigenvalue weighted by molar-refractivity contribution is 5.89. The van der Waals surface area contributed by atoms with Crippen molar-refractivity contribution in [3.05, 3.63) is 36.3 Å². The molecule has 0 aliphatic carbocycles. The summed E-state index contributed by atoms with van der Waals surface area (Å²) in [6, 6.07) is 4.72. The Morgan fingerprint density at radius 2 is 1.71 bits per heavy atom. The van der Waals surface area contributed by atoms with E-state index in [4.69, 9.17) is 9.47 Å². The van der Waals surface area contributed by atoms with Gasteiger partial charge in [0.25, 0.3) is 0 Å². The molecule has 226 valence electrons. The molecule has 4 heterocycles. The average molecular weight is 579 g/mol. The molecule has 2 saturated heterocycles. The summed E-state index contributed by atoms with van der Waals surface area (Å²) < 4.78 is 52.1. The highest BCUT2D eigenvalue weighted by Crippen LogP contribution is 2.40. The van der Waals surface area contributed by atoms with E-state index in [1.165, 1.54) is 11.1 Å². The second-order valence-corrected chi connectivity index (χ2v) is 12.5. The number of anilines is 3. The third kappa shape index (κ3) is 7.02. The normalized spacial score (nSPS) is 20.6. The largest absolute Gasteiger partial charge is 0.447 e. The molecule has 9 nitrogen and oxygen atoms in total. The number of rotatable bonds is 8. The van der Waals surface area contributed by atoms with Crippen LogP contribution in [0.5, 0.6) is 0 Å². The SMILES string of the molecule is C[C@H](Nc1nccc(N2C(=O)OC[C@@H]2[C@H](C)OC(C)(C)C)n1)C1CCN(c2ccnc(C(C)(C)C(F)(F)F)c2)CC1. The van der Waals surface area contributed by atoms with Gasteiger partial charge in [0.05, 0.1) is 17.4 Å². The second kappa shape index (κ2) is 11.6. The Balaban J connectivity index is 1.38. The van der Waals surface area contributed by atoms with Gasteiger partial charge in [-0.15, -0.1) is 0 Å². The number of nitrogens with one attached hydrogen (secondary N) is 1. The first-order chi connectivity index (χ1) is 19.1. The van der Waals surface area contributed by atoms with Crippen LogP contribution in [-0.2, 0) is 14.9 Å². The number of nitrogens with zero attached hydrogens (tertiary/aromatic N) is 5.